The Morgan fingerprint density at radius 1 is 0.966 bits per heavy atom. The summed E-state index contributed by atoms with van der Waals surface area (Å²) in [5.41, 5.74) is 1.43. The second-order valence-corrected chi connectivity index (χ2v) is 8.27. The molecule has 3 rings (SSSR count). The van der Waals surface area contributed by atoms with Gasteiger partial charge in [0.05, 0.1) is 24.1 Å². The molecule has 7 nitrogen and oxygen atoms in total. The summed E-state index contributed by atoms with van der Waals surface area (Å²) in [6.07, 6.45) is 1.69. The first-order valence-electron chi connectivity index (χ1n) is 8.69. The van der Waals surface area contributed by atoms with E-state index in [-0.39, 0.29) is 28.9 Å². The molecule has 3 aromatic rings. The highest BCUT2D eigenvalue weighted by Gasteiger charge is 2.14. The lowest BCUT2D eigenvalue weighted by Crippen LogP contribution is -2.35. The maximum atomic E-state index is 12.3. The van der Waals surface area contributed by atoms with Crippen LogP contribution in [-0.2, 0) is 27.8 Å². The zero-order chi connectivity index (χ0) is 20.7. The largest absolute Gasteiger partial charge is 0.468 e. The lowest BCUT2D eigenvalue weighted by molar-refractivity contribution is -0.119. The molecule has 1 heterocycles. The monoisotopic (exact) mass is 429 g/mol. The second kappa shape index (κ2) is 9.46. The Kier molecular flexibility index (Phi) is 6.76. The zero-order valence-corrected chi connectivity index (χ0v) is 16.9. The standard InChI is InChI=1S/C20H19N3O4S2/c24-19(13-15-5-2-1-3-6-15)23-20(28)22-16-8-10-18(11-9-16)29(25,26)21-14-17-7-4-12-27-17/h1-12,21H,13-14H2,(H2,22,23,24,28). The van der Waals surface area contributed by atoms with E-state index in [1.165, 1.54) is 18.4 Å². The minimum Gasteiger partial charge on any atom is -0.468 e. The molecule has 1 amide bonds. The van der Waals surface area contributed by atoms with Gasteiger partial charge in [-0.2, -0.15) is 0 Å². The average molecular weight is 430 g/mol. The van der Waals surface area contributed by atoms with Gasteiger partial charge in [-0.3, -0.25) is 4.79 Å². The van der Waals surface area contributed by atoms with Crippen molar-refractivity contribution >= 4 is 38.9 Å². The number of thiocarbonyl (C=S) groups is 1. The summed E-state index contributed by atoms with van der Waals surface area (Å²) in [5, 5.41) is 5.60. The van der Waals surface area contributed by atoms with Crippen LogP contribution in [0.1, 0.15) is 11.3 Å². The number of benzene rings is 2. The number of anilines is 1. The first-order chi connectivity index (χ1) is 13.9. The first kappa shape index (κ1) is 20.7. The predicted octanol–water partition coefficient (Wildman–Crippen LogP) is 2.81. The summed E-state index contributed by atoms with van der Waals surface area (Å²) in [6.45, 7) is 0.0624. The Hall–Kier alpha value is -3.01. The van der Waals surface area contributed by atoms with E-state index >= 15 is 0 Å². The van der Waals surface area contributed by atoms with Crippen LogP contribution in [0.4, 0.5) is 5.69 Å². The quantitative estimate of drug-likeness (QED) is 0.500. The van der Waals surface area contributed by atoms with Gasteiger partial charge in [-0.1, -0.05) is 30.3 Å². The van der Waals surface area contributed by atoms with Crippen LogP contribution in [0.5, 0.6) is 0 Å². The number of hydrogen-bond donors (Lipinski definition) is 3. The van der Waals surface area contributed by atoms with Crippen molar-refractivity contribution in [2.45, 2.75) is 17.9 Å². The molecule has 0 atom stereocenters. The Morgan fingerprint density at radius 3 is 2.34 bits per heavy atom. The molecule has 0 saturated heterocycles. The molecule has 0 aliphatic heterocycles. The Bertz CT molecular complexity index is 1060. The zero-order valence-electron chi connectivity index (χ0n) is 15.3. The van der Waals surface area contributed by atoms with Gasteiger partial charge in [0.1, 0.15) is 5.76 Å². The summed E-state index contributed by atoms with van der Waals surface area (Å²) in [5.74, 6) is 0.276. The Morgan fingerprint density at radius 2 is 1.69 bits per heavy atom. The molecule has 3 N–H and O–H groups in total. The fraction of sp³-hybridized carbons (Fsp3) is 0.100. The van der Waals surface area contributed by atoms with E-state index in [0.717, 1.165) is 5.56 Å². The number of furan rings is 1. The Labute approximate surface area is 174 Å². The summed E-state index contributed by atoms with van der Waals surface area (Å²) in [4.78, 5) is 12.1. The summed E-state index contributed by atoms with van der Waals surface area (Å²) >= 11 is 5.14. The maximum absolute atomic E-state index is 12.3. The van der Waals surface area contributed by atoms with Crippen LogP contribution >= 0.6 is 12.2 Å². The molecule has 1 aromatic heterocycles. The first-order valence-corrected chi connectivity index (χ1v) is 10.6. The number of carbonyl (C=O) groups is 1. The van der Waals surface area contributed by atoms with Crippen LogP contribution in [0.3, 0.4) is 0 Å². The minimum absolute atomic E-state index is 0.0624. The minimum atomic E-state index is -3.68. The van der Waals surface area contributed by atoms with Crippen LogP contribution in [-0.4, -0.2) is 19.4 Å². The smallest absolute Gasteiger partial charge is 0.240 e. The van der Waals surface area contributed by atoms with E-state index < -0.39 is 10.0 Å². The molecule has 9 heteroatoms. The number of hydrogen-bond acceptors (Lipinski definition) is 5. The highest BCUT2D eigenvalue weighted by molar-refractivity contribution is 7.89. The number of nitrogens with one attached hydrogen (secondary N) is 3. The SMILES string of the molecule is O=C(Cc1ccccc1)NC(=S)Nc1ccc(S(=O)(=O)NCc2ccco2)cc1. The average Bonchev–Trinajstić information content (AvgIpc) is 3.21. The molecule has 0 saturated carbocycles. The van der Waals surface area contributed by atoms with Crippen molar-refractivity contribution in [3.05, 3.63) is 84.3 Å². The number of amides is 1. The third-order valence-electron chi connectivity index (χ3n) is 3.90. The maximum Gasteiger partial charge on any atom is 0.240 e. The number of rotatable bonds is 7. The molecule has 0 aliphatic carbocycles. The van der Waals surface area contributed by atoms with Crippen molar-refractivity contribution < 1.29 is 17.6 Å². The summed E-state index contributed by atoms with van der Waals surface area (Å²) < 4.78 is 32.2. The summed E-state index contributed by atoms with van der Waals surface area (Å²) in [6, 6.07) is 18.7. The lowest BCUT2D eigenvalue weighted by Gasteiger charge is -2.11. The van der Waals surface area contributed by atoms with Crippen molar-refractivity contribution in [1.29, 1.82) is 0 Å². The predicted molar refractivity (Wildman–Crippen MR) is 114 cm³/mol. The molecule has 29 heavy (non-hydrogen) atoms. The van der Waals surface area contributed by atoms with Gasteiger partial charge in [0.25, 0.3) is 0 Å². The van der Waals surface area contributed by atoms with Crippen LogP contribution in [0.25, 0.3) is 0 Å². The van der Waals surface area contributed by atoms with E-state index in [0.29, 0.717) is 11.4 Å². The molecule has 0 radical (unpaired) electrons. The van der Waals surface area contributed by atoms with E-state index in [4.69, 9.17) is 16.6 Å². The van der Waals surface area contributed by atoms with Crippen molar-refractivity contribution in [3.8, 4) is 0 Å². The molecule has 150 valence electrons. The number of sulfonamides is 1. The molecule has 0 spiro atoms. The highest BCUT2D eigenvalue weighted by Crippen LogP contribution is 2.14. The van der Waals surface area contributed by atoms with Gasteiger partial charge in [0.2, 0.25) is 15.9 Å². The van der Waals surface area contributed by atoms with E-state index in [1.807, 2.05) is 30.3 Å². The van der Waals surface area contributed by atoms with Crippen molar-refractivity contribution in [2.24, 2.45) is 0 Å². The molecule has 2 aromatic carbocycles. The van der Waals surface area contributed by atoms with Crippen LogP contribution in [0, 0.1) is 0 Å². The van der Waals surface area contributed by atoms with Crippen LogP contribution < -0.4 is 15.4 Å². The highest BCUT2D eigenvalue weighted by atomic mass is 32.2. The van der Waals surface area contributed by atoms with Gasteiger partial charge in [-0.15, -0.1) is 0 Å². The fourth-order valence-electron chi connectivity index (χ4n) is 2.49. The van der Waals surface area contributed by atoms with Gasteiger partial charge in [-0.05, 0) is 54.2 Å². The third kappa shape index (κ3) is 6.24. The van der Waals surface area contributed by atoms with E-state index in [9.17, 15) is 13.2 Å². The lowest BCUT2D eigenvalue weighted by atomic mass is 10.1. The second-order valence-electron chi connectivity index (χ2n) is 6.09. The van der Waals surface area contributed by atoms with Crippen LogP contribution in [0.15, 0.2) is 82.3 Å². The van der Waals surface area contributed by atoms with Gasteiger partial charge in [0, 0.05) is 5.69 Å². The normalized spacial score (nSPS) is 11.0. The van der Waals surface area contributed by atoms with Crippen LogP contribution in [0.2, 0.25) is 0 Å². The van der Waals surface area contributed by atoms with Crippen molar-refractivity contribution in [3.63, 3.8) is 0 Å². The third-order valence-corrected chi connectivity index (χ3v) is 5.52. The van der Waals surface area contributed by atoms with Gasteiger partial charge in [0.15, 0.2) is 5.11 Å². The molecule has 0 aliphatic rings. The molecule has 0 unspecified atom stereocenters. The molecular formula is C20H19N3O4S2. The Balaban J connectivity index is 1.52. The number of carbonyl (C=O) groups excluding carboxylic acids is 1. The van der Waals surface area contributed by atoms with Crippen molar-refractivity contribution in [1.82, 2.24) is 10.0 Å². The van der Waals surface area contributed by atoms with Gasteiger partial charge >= 0.3 is 0 Å². The fourth-order valence-corrected chi connectivity index (χ4v) is 3.72. The van der Waals surface area contributed by atoms with E-state index in [1.54, 1.807) is 24.3 Å². The van der Waals surface area contributed by atoms with Gasteiger partial charge in [-0.25, -0.2) is 13.1 Å². The molecule has 0 bridgehead atoms. The molecule has 0 fully saturated rings. The molecular weight excluding hydrogens is 410 g/mol. The summed E-state index contributed by atoms with van der Waals surface area (Å²) in [7, 11) is -3.68. The topological polar surface area (TPSA) is 100 Å². The van der Waals surface area contributed by atoms with Gasteiger partial charge < -0.3 is 15.1 Å². The van der Waals surface area contributed by atoms with Crippen molar-refractivity contribution in [2.75, 3.05) is 5.32 Å². The van der Waals surface area contributed by atoms with E-state index in [2.05, 4.69) is 15.4 Å².